The van der Waals surface area contributed by atoms with E-state index in [1.54, 1.807) is 6.33 Å². The zero-order valence-electron chi connectivity index (χ0n) is 10.6. The quantitative estimate of drug-likeness (QED) is 0.804. The summed E-state index contributed by atoms with van der Waals surface area (Å²) >= 11 is 0. The SMILES string of the molecule is CCNC(C)(C)C(=O)N1CCn2cnnc2C1. The Morgan fingerprint density at radius 1 is 1.53 bits per heavy atom. The third-order valence-corrected chi connectivity index (χ3v) is 3.08. The van der Waals surface area contributed by atoms with Crippen molar-refractivity contribution in [1.29, 1.82) is 0 Å². The molecule has 6 heteroatoms. The molecule has 0 atom stereocenters. The minimum atomic E-state index is -0.517. The lowest BCUT2D eigenvalue weighted by Crippen LogP contribution is -2.55. The molecule has 1 aliphatic rings. The maximum absolute atomic E-state index is 12.3. The first-order chi connectivity index (χ1) is 8.04. The van der Waals surface area contributed by atoms with Gasteiger partial charge in [0.25, 0.3) is 0 Å². The Hall–Kier alpha value is -1.43. The lowest BCUT2D eigenvalue weighted by Gasteiger charge is -2.34. The van der Waals surface area contributed by atoms with E-state index in [-0.39, 0.29) is 5.91 Å². The van der Waals surface area contributed by atoms with Gasteiger partial charge >= 0.3 is 0 Å². The topological polar surface area (TPSA) is 63.1 Å². The summed E-state index contributed by atoms with van der Waals surface area (Å²) < 4.78 is 1.99. The van der Waals surface area contributed by atoms with Crippen LogP contribution in [-0.2, 0) is 17.9 Å². The van der Waals surface area contributed by atoms with Crippen molar-refractivity contribution in [3.8, 4) is 0 Å². The van der Waals surface area contributed by atoms with E-state index in [0.717, 1.165) is 25.5 Å². The second-order valence-electron chi connectivity index (χ2n) is 4.82. The van der Waals surface area contributed by atoms with Crippen LogP contribution in [0.4, 0.5) is 0 Å². The van der Waals surface area contributed by atoms with E-state index in [0.29, 0.717) is 6.54 Å². The van der Waals surface area contributed by atoms with Crippen LogP contribution in [-0.4, -0.2) is 44.2 Å². The molecule has 2 rings (SSSR count). The Balaban J connectivity index is 2.08. The molecule has 0 unspecified atom stereocenters. The summed E-state index contributed by atoms with van der Waals surface area (Å²) in [4.78, 5) is 14.2. The summed E-state index contributed by atoms with van der Waals surface area (Å²) in [6.45, 7) is 8.66. The van der Waals surface area contributed by atoms with Crippen molar-refractivity contribution in [1.82, 2.24) is 25.0 Å². The molecule has 0 radical (unpaired) electrons. The van der Waals surface area contributed by atoms with E-state index in [1.807, 2.05) is 30.2 Å². The van der Waals surface area contributed by atoms with Gasteiger partial charge in [-0.2, -0.15) is 0 Å². The van der Waals surface area contributed by atoms with Gasteiger partial charge in [0.05, 0.1) is 12.1 Å². The molecule has 0 aromatic carbocycles. The molecule has 1 aliphatic heterocycles. The number of amides is 1. The summed E-state index contributed by atoms with van der Waals surface area (Å²) in [5.74, 6) is 0.977. The van der Waals surface area contributed by atoms with Gasteiger partial charge in [0, 0.05) is 13.1 Å². The van der Waals surface area contributed by atoms with E-state index in [4.69, 9.17) is 0 Å². The van der Waals surface area contributed by atoms with Gasteiger partial charge in [0.2, 0.25) is 5.91 Å². The smallest absolute Gasteiger partial charge is 0.242 e. The molecule has 94 valence electrons. The monoisotopic (exact) mass is 237 g/mol. The number of nitrogens with zero attached hydrogens (tertiary/aromatic N) is 4. The molecule has 0 aliphatic carbocycles. The number of likely N-dealkylation sites (N-methyl/N-ethyl adjacent to an activating group) is 1. The largest absolute Gasteiger partial charge is 0.332 e. The van der Waals surface area contributed by atoms with Crippen LogP contribution in [0.1, 0.15) is 26.6 Å². The molecule has 0 bridgehead atoms. The average Bonchev–Trinajstić information content (AvgIpc) is 2.74. The molecule has 17 heavy (non-hydrogen) atoms. The van der Waals surface area contributed by atoms with Crippen LogP contribution in [0.25, 0.3) is 0 Å². The molecule has 0 saturated heterocycles. The van der Waals surface area contributed by atoms with Crippen molar-refractivity contribution in [3.05, 3.63) is 12.2 Å². The maximum atomic E-state index is 12.3. The normalized spacial score (nSPS) is 15.8. The van der Waals surface area contributed by atoms with Crippen molar-refractivity contribution < 1.29 is 4.79 Å². The molecule has 1 amide bonds. The minimum Gasteiger partial charge on any atom is -0.332 e. The van der Waals surface area contributed by atoms with E-state index < -0.39 is 5.54 Å². The van der Waals surface area contributed by atoms with Crippen molar-refractivity contribution in [2.75, 3.05) is 13.1 Å². The second kappa shape index (κ2) is 4.44. The van der Waals surface area contributed by atoms with E-state index in [9.17, 15) is 4.79 Å². The number of nitrogens with one attached hydrogen (secondary N) is 1. The molecule has 0 saturated carbocycles. The van der Waals surface area contributed by atoms with Crippen LogP contribution in [0.15, 0.2) is 6.33 Å². The molecular weight excluding hydrogens is 218 g/mol. The Kier molecular flexibility index (Phi) is 3.15. The number of fused-ring (bicyclic) bond motifs is 1. The van der Waals surface area contributed by atoms with Crippen LogP contribution >= 0.6 is 0 Å². The van der Waals surface area contributed by atoms with Gasteiger partial charge in [0.1, 0.15) is 6.33 Å². The highest BCUT2D eigenvalue weighted by Gasteiger charge is 2.33. The van der Waals surface area contributed by atoms with E-state index in [2.05, 4.69) is 15.5 Å². The molecule has 0 spiro atoms. The molecule has 2 heterocycles. The summed E-state index contributed by atoms with van der Waals surface area (Å²) in [6, 6.07) is 0. The van der Waals surface area contributed by atoms with Crippen LogP contribution < -0.4 is 5.32 Å². The number of hydrogen-bond acceptors (Lipinski definition) is 4. The third kappa shape index (κ3) is 2.31. The molecule has 1 aromatic rings. The Morgan fingerprint density at radius 3 is 3.00 bits per heavy atom. The summed E-state index contributed by atoms with van der Waals surface area (Å²) in [5.41, 5.74) is -0.517. The minimum absolute atomic E-state index is 0.119. The number of carbonyl (C=O) groups excluding carboxylic acids is 1. The highest BCUT2D eigenvalue weighted by molar-refractivity contribution is 5.85. The van der Waals surface area contributed by atoms with Crippen LogP contribution in [0.5, 0.6) is 0 Å². The molecule has 1 aromatic heterocycles. The number of aromatic nitrogens is 3. The van der Waals surface area contributed by atoms with Gasteiger partial charge in [-0.1, -0.05) is 6.92 Å². The number of carbonyl (C=O) groups is 1. The Labute approximate surface area is 101 Å². The molecule has 0 fully saturated rings. The first-order valence-electron chi connectivity index (χ1n) is 5.95. The van der Waals surface area contributed by atoms with Gasteiger partial charge in [-0.25, -0.2) is 0 Å². The summed E-state index contributed by atoms with van der Waals surface area (Å²) in [5, 5.41) is 11.1. The van der Waals surface area contributed by atoms with Crippen molar-refractivity contribution in [2.24, 2.45) is 0 Å². The van der Waals surface area contributed by atoms with Crippen LogP contribution in [0.3, 0.4) is 0 Å². The molecule has 1 N–H and O–H groups in total. The standard InChI is InChI=1S/C11H19N5O/c1-4-12-11(2,3)10(17)15-5-6-16-8-13-14-9(16)7-15/h8,12H,4-7H2,1-3H3. The van der Waals surface area contributed by atoms with Gasteiger partial charge in [0.15, 0.2) is 5.82 Å². The van der Waals surface area contributed by atoms with Crippen molar-refractivity contribution >= 4 is 5.91 Å². The first kappa shape index (κ1) is 12.0. The van der Waals surface area contributed by atoms with Gasteiger partial charge in [-0.15, -0.1) is 10.2 Å². The first-order valence-corrected chi connectivity index (χ1v) is 5.95. The fraction of sp³-hybridized carbons (Fsp3) is 0.727. The van der Waals surface area contributed by atoms with Crippen molar-refractivity contribution in [3.63, 3.8) is 0 Å². The lowest BCUT2D eigenvalue weighted by atomic mass is 10.0. The second-order valence-corrected chi connectivity index (χ2v) is 4.82. The number of rotatable bonds is 3. The fourth-order valence-electron chi connectivity index (χ4n) is 2.15. The predicted molar refractivity (Wildman–Crippen MR) is 63.2 cm³/mol. The van der Waals surface area contributed by atoms with Crippen molar-refractivity contribution in [2.45, 2.75) is 39.4 Å². The summed E-state index contributed by atoms with van der Waals surface area (Å²) in [7, 11) is 0. The highest BCUT2D eigenvalue weighted by Crippen LogP contribution is 2.14. The zero-order valence-corrected chi connectivity index (χ0v) is 10.6. The van der Waals surface area contributed by atoms with Gasteiger partial charge < -0.3 is 14.8 Å². The average molecular weight is 237 g/mol. The highest BCUT2D eigenvalue weighted by atomic mass is 16.2. The Bertz CT molecular complexity index is 412. The lowest BCUT2D eigenvalue weighted by molar-refractivity contribution is -0.138. The predicted octanol–water partition coefficient (Wildman–Crippen LogP) is 0.00840. The zero-order chi connectivity index (χ0) is 12.5. The van der Waals surface area contributed by atoms with Crippen LogP contribution in [0, 0.1) is 0 Å². The van der Waals surface area contributed by atoms with Gasteiger partial charge in [-0.05, 0) is 20.4 Å². The maximum Gasteiger partial charge on any atom is 0.242 e. The third-order valence-electron chi connectivity index (χ3n) is 3.08. The van der Waals surface area contributed by atoms with E-state index in [1.165, 1.54) is 0 Å². The summed E-state index contributed by atoms with van der Waals surface area (Å²) in [6.07, 6.45) is 1.71. The fourth-order valence-corrected chi connectivity index (χ4v) is 2.15. The molecular formula is C11H19N5O. The molecule has 6 nitrogen and oxygen atoms in total. The van der Waals surface area contributed by atoms with E-state index >= 15 is 0 Å². The van der Waals surface area contributed by atoms with Gasteiger partial charge in [-0.3, -0.25) is 4.79 Å². The Morgan fingerprint density at radius 2 is 2.29 bits per heavy atom. The number of hydrogen-bond donors (Lipinski definition) is 1. The van der Waals surface area contributed by atoms with Crippen LogP contribution in [0.2, 0.25) is 0 Å².